The van der Waals surface area contributed by atoms with Crippen LogP contribution in [0, 0.1) is 5.92 Å². The zero-order valence-electron chi connectivity index (χ0n) is 10.5. The van der Waals surface area contributed by atoms with E-state index in [4.69, 9.17) is 4.74 Å². The van der Waals surface area contributed by atoms with E-state index in [1.54, 1.807) is 20.8 Å². The van der Waals surface area contributed by atoms with Crippen molar-refractivity contribution in [3.63, 3.8) is 0 Å². The van der Waals surface area contributed by atoms with Crippen LogP contribution < -0.4 is 0 Å². The summed E-state index contributed by atoms with van der Waals surface area (Å²) in [6, 6.07) is -0.828. The van der Waals surface area contributed by atoms with Crippen molar-refractivity contribution in [3.05, 3.63) is 0 Å². The van der Waals surface area contributed by atoms with E-state index in [-0.39, 0.29) is 12.5 Å². The summed E-state index contributed by atoms with van der Waals surface area (Å²) in [6.07, 6.45) is -0.108. The fraction of sp³-hybridized carbons (Fsp3) is 0.917. The van der Waals surface area contributed by atoms with Gasteiger partial charge in [0.1, 0.15) is 11.8 Å². The number of carbonyl (C=O) groups is 1. The number of amides is 1. The molecule has 2 rings (SSSR count). The Labute approximate surface area is 101 Å². The lowest BCUT2D eigenvalue weighted by molar-refractivity contribution is -0.00104. The van der Waals surface area contributed by atoms with Gasteiger partial charge in [0.2, 0.25) is 0 Å². The molecule has 0 radical (unpaired) electrons. The zero-order valence-corrected chi connectivity index (χ0v) is 10.5. The highest BCUT2D eigenvalue weighted by Gasteiger charge is 2.56. The third kappa shape index (κ3) is 2.12. The summed E-state index contributed by atoms with van der Waals surface area (Å²) in [6.45, 7) is 5.14. The van der Waals surface area contributed by atoms with Gasteiger partial charge in [0, 0.05) is 5.92 Å². The van der Waals surface area contributed by atoms with Crippen LogP contribution >= 0.6 is 0 Å². The molecule has 5 heteroatoms. The van der Waals surface area contributed by atoms with Crippen molar-refractivity contribution in [2.45, 2.75) is 57.5 Å². The molecule has 1 heterocycles. The van der Waals surface area contributed by atoms with Crippen molar-refractivity contribution in [2.75, 3.05) is 6.61 Å². The Morgan fingerprint density at radius 2 is 2.12 bits per heavy atom. The van der Waals surface area contributed by atoms with Gasteiger partial charge in [-0.2, -0.15) is 0 Å². The van der Waals surface area contributed by atoms with Gasteiger partial charge in [-0.05, 0) is 33.6 Å². The number of halogens is 1. The molecule has 98 valence electrons. The van der Waals surface area contributed by atoms with Crippen LogP contribution in [0.2, 0.25) is 0 Å². The number of aliphatic hydroxyl groups is 1. The molecule has 1 N–H and O–H groups in total. The molecule has 0 aromatic carbocycles. The van der Waals surface area contributed by atoms with E-state index in [0.29, 0.717) is 6.42 Å². The minimum atomic E-state index is -1.01. The van der Waals surface area contributed by atoms with E-state index < -0.39 is 29.9 Å². The smallest absolute Gasteiger partial charge is 0.410 e. The molecule has 0 aromatic heterocycles. The minimum absolute atomic E-state index is 0.194. The maximum Gasteiger partial charge on any atom is 0.410 e. The van der Waals surface area contributed by atoms with Crippen molar-refractivity contribution in [1.82, 2.24) is 4.90 Å². The fourth-order valence-corrected chi connectivity index (χ4v) is 2.93. The first kappa shape index (κ1) is 12.6. The number of alkyl halides is 1. The summed E-state index contributed by atoms with van der Waals surface area (Å²) in [7, 11) is 0. The second-order valence-electron chi connectivity index (χ2n) is 5.89. The molecule has 2 bridgehead atoms. The maximum atomic E-state index is 13.9. The number of hydrogen-bond donors (Lipinski definition) is 1. The van der Waals surface area contributed by atoms with Crippen LogP contribution in [0.4, 0.5) is 9.18 Å². The lowest BCUT2D eigenvalue weighted by Gasteiger charge is -2.34. The topological polar surface area (TPSA) is 49.8 Å². The Balaban J connectivity index is 2.12. The van der Waals surface area contributed by atoms with Gasteiger partial charge >= 0.3 is 6.09 Å². The Kier molecular flexibility index (Phi) is 3.06. The predicted molar refractivity (Wildman–Crippen MR) is 60.4 cm³/mol. The molecule has 4 atom stereocenters. The third-order valence-corrected chi connectivity index (χ3v) is 3.57. The SMILES string of the molecule is CC(C)(C)OC(=O)N1[C@H](CO)[C@@H]2CC[C@H]1[C@H]2F. The second-order valence-corrected chi connectivity index (χ2v) is 5.89. The van der Waals surface area contributed by atoms with E-state index >= 15 is 0 Å². The highest BCUT2D eigenvalue weighted by Crippen LogP contribution is 2.44. The highest BCUT2D eigenvalue weighted by atomic mass is 19.1. The quantitative estimate of drug-likeness (QED) is 0.765. The van der Waals surface area contributed by atoms with Crippen molar-refractivity contribution < 1.29 is 19.0 Å². The highest BCUT2D eigenvalue weighted by molar-refractivity contribution is 5.70. The van der Waals surface area contributed by atoms with Gasteiger partial charge in [0.15, 0.2) is 0 Å². The van der Waals surface area contributed by atoms with Crippen LogP contribution in [0.1, 0.15) is 33.6 Å². The molecule has 1 aliphatic carbocycles. The van der Waals surface area contributed by atoms with Gasteiger partial charge < -0.3 is 9.84 Å². The summed E-state index contributed by atoms with van der Waals surface area (Å²) in [4.78, 5) is 13.4. The molecule has 0 unspecified atom stereocenters. The molecular weight excluding hydrogens is 225 g/mol. The van der Waals surface area contributed by atoms with E-state index in [2.05, 4.69) is 0 Å². The van der Waals surface area contributed by atoms with Crippen LogP contribution in [0.15, 0.2) is 0 Å². The molecule has 1 saturated heterocycles. The number of piperidine rings is 1. The molecule has 2 fully saturated rings. The standard InChI is InChI=1S/C12H20FNO3/c1-12(2,3)17-11(16)14-8-5-4-7(10(8)13)9(14)6-15/h7-10,15H,4-6H2,1-3H3/t7-,8-,9+,10-/m0/s1. The Morgan fingerprint density at radius 3 is 2.65 bits per heavy atom. The molecule has 17 heavy (non-hydrogen) atoms. The number of carbonyl (C=O) groups excluding carboxylic acids is 1. The number of fused-ring (bicyclic) bond motifs is 2. The maximum absolute atomic E-state index is 13.9. The number of ether oxygens (including phenoxy) is 1. The summed E-state index contributed by atoms with van der Waals surface area (Å²) in [5.74, 6) is -0.225. The lowest BCUT2D eigenvalue weighted by Crippen LogP contribution is -2.48. The molecule has 1 amide bonds. The van der Waals surface area contributed by atoms with Gasteiger partial charge in [-0.25, -0.2) is 9.18 Å². The summed E-state index contributed by atoms with van der Waals surface area (Å²) in [5, 5.41) is 9.31. The number of likely N-dealkylation sites (tertiary alicyclic amines) is 1. The monoisotopic (exact) mass is 245 g/mol. The molecule has 1 saturated carbocycles. The fourth-order valence-electron chi connectivity index (χ4n) is 2.93. The third-order valence-electron chi connectivity index (χ3n) is 3.57. The van der Waals surface area contributed by atoms with Crippen LogP contribution in [-0.2, 0) is 4.74 Å². The molecule has 2 aliphatic rings. The van der Waals surface area contributed by atoms with E-state index in [1.165, 1.54) is 4.90 Å². The summed E-state index contributed by atoms with van der Waals surface area (Å²) < 4.78 is 19.2. The van der Waals surface area contributed by atoms with Gasteiger partial charge in [0.05, 0.1) is 18.7 Å². The molecule has 1 aliphatic heterocycles. The lowest BCUT2D eigenvalue weighted by atomic mass is 9.99. The van der Waals surface area contributed by atoms with Gasteiger partial charge in [-0.1, -0.05) is 0 Å². The number of rotatable bonds is 1. The Hall–Kier alpha value is -0.840. The molecule has 0 spiro atoms. The van der Waals surface area contributed by atoms with E-state index in [1.807, 2.05) is 0 Å². The van der Waals surface area contributed by atoms with Gasteiger partial charge in [-0.15, -0.1) is 0 Å². The second kappa shape index (κ2) is 4.12. The minimum Gasteiger partial charge on any atom is -0.444 e. The van der Waals surface area contributed by atoms with E-state index in [9.17, 15) is 14.3 Å². The number of aliphatic hydroxyl groups excluding tert-OH is 1. The van der Waals surface area contributed by atoms with Crippen LogP contribution in [-0.4, -0.2) is 46.6 Å². The summed E-state index contributed by atoms with van der Waals surface area (Å²) in [5.41, 5.74) is -0.593. The number of hydrogen-bond acceptors (Lipinski definition) is 3. The van der Waals surface area contributed by atoms with Crippen molar-refractivity contribution in [3.8, 4) is 0 Å². The predicted octanol–water partition coefficient (Wildman–Crippen LogP) is 1.71. The molecular formula is C12H20FNO3. The summed E-state index contributed by atoms with van der Waals surface area (Å²) >= 11 is 0. The first-order valence-electron chi connectivity index (χ1n) is 6.11. The average molecular weight is 245 g/mol. The number of nitrogens with zero attached hydrogens (tertiary/aromatic N) is 1. The van der Waals surface area contributed by atoms with Crippen molar-refractivity contribution >= 4 is 6.09 Å². The first-order chi connectivity index (χ1) is 7.85. The zero-order chi connectivity index (χ0) is 12.8. The van der Waals surface area contributed by atoms with Gasteiger partial charge in [0.25, 0.3) is 0 Å². The largest absolute Gasteiger partial charge is 0.444 e. The molecule has 4 nitrogen and oxygen atoms in total. The van der Waals surface area contributed by atoms with Crippen LogP contribution in [0.3, 0.4) is 0 Å². The Morgan fingerprint density at radius 1 is 1.47 bits per heavy atom. The van der Waals surface area contributed by atoms with Crippen LogP contribution in [0.25, 0.3) is 0 Å². The van der Waals surface area contributed by atoms with Crippen LogP contribution in [0.5, 0.6) is 0 Å². The van der Waals surface area contributed by atoms with Gasteiger partial charge in [-0.3, -0.25) is 4.90 Å². The molecule has 0 aromatic rings. The van der Waals surface area contributed by atoms with Crippen molar-refractivity contribution in [1.29, 1.82) is 0 Å². The average Bonchev–Trinajstić information content (AvgIpc) is 2.69. The Bertz CT molecular complexity index is 315. The normalized spacial score (nSPS) is 36.4. The van der Waals surface area contributed by atoms with Crippen molar-refractivity contribution in [2.24, 2.45) is 5.92 Å². The van der Waals surface area contributed by atoms with E-state index in [0.717, 1.165) is 6.42 Å². The first-order valence-corrected chi connectivity index (χ1v) is 6.11.